The van der Waals surface area contributed by atoms with Gasteiger partial charge in [-0.25, -0.2) is 8.42 Å². The fourth-order valence-corrected chi connectivity index (χ4v) is 4.99. The van der Waals surface area contributed by atoms with Gasteiger partial charge in [-0.1, -0.05) is 29.8 Å². The maximum Gasteiger partial charge on any atom is 0.265 e. The molecule has 0 atom stereocenters. The molecule has 0 aliphatic carbocycles. The highest BCUT2D eigenvalue weighted by Gasteiger charge is 2.26. The molecule has 3 aromatic rings. The van der Waals surface area contributed by atoms with Gasteiger partial charge in [0.2, 0.25) is 6.79 Å². The van der Waals surface area contributed by atoms with E-state index in [1.54, 1.807) is 30.3 Å². The fraction of sp³-hybridized carbons (Fsp3) is 0.130. The standard InChI is InChI=1S/C23H19ClN2O6S/c1-14(27)17-11-20-21(32-13-31-20)12-19(17)25-23(28)15-8-9-18(24)22(10-15)33(29,30)26(2)16-6-4-3-5-7-16/h3-12H,13H2,1-2H3,(H,25,28). The average molecular weight is 487 g/mol. The summed E-state index contributed by atoms with van der Waals surface area (Å²) in [7, 11) is -2.65. The molecule has 0 unspecified atom stereocenters. The maximum absolute atomic E-state index is 13.2. The molecule has 0 fully saturated rings. The fourth-order valence-electron chi connectivity index (χ4n) is 3.30. The molecule has 10 heteroatoms. The Morgan fingerprint density at radius 3 is 2.33 bits per heavy atom. The van der Waals surface area contributed by atoms with Crippen LogP contribution < -0.4 is 19.1 Å². The Labute approximate surface area is 195 Å². The highest BCUT2D eigenvalue weighted by Crippen LogP contribution is 2.37. The number of hydrogen-bond donors (Lipinski definition) is 1. The van der Waals surface area contributed by atoms with Crippen molar-refractivity contribution in [3.8, 4) is 11.5 Å². The second-order valence-corrected chi connectivity index (χ2v) is 9.56. The monoisotopic (exact) mass is 486 g/mol. The van der Waals surface area contributed by atoms with Crippen LogP contribution in [0.15, 0.2) is 65.6 Å². The van der Waals surface area contributed by atoms with Crippen molar-refractivity contribution in [3.05, 3.63) is 76.8 Å². The van der Waals surface area contributed by atoms with Crippen molar-refractivity contribution in [2.24, 2.45) is 0 Å². The van der Waals surface area contributed by atoms with Gasteiger partial charge in [0, 0.05) is 24.2 Å². The lowest BCUT2D eigenvalue weighted by Gasteiger charge is -2.20. The van der Waals surface area contributed by atoms with Crippen LogP contribution in [0.2, 0.25) is 5.02 Å². The van der Waals surface area contributed by atoms with Crippen molar-refractivity contribution >= 4 is 44.7 Å². The number of fused-ring (bicyclic) bond motifs is 1. The molecule has 33 heavy (non-hydrogen) atoms. The second kappa shape index (κ2) is 8.76. The lowest BCUT2D eigenvalue weighted by atomic mass is 10.1. The minimum Gasteiger partial charge on any atom is -0.454 e. The van der Waals surface area contributed by atoms with Gasteiger partial charge in [-0.15, -0.1) is 0 Å². The largest absolute Gasteiger partial charge is 0.454 e. The molecule has 0 bridgehead atoms. The number of nitrogens with zero attached hydrogens (tertiary/aromatic N) is 1. The van der Waals surface area contributed by atoms with Crippen LogP contribution >= 0.6 is 11.6 Å². The highest BCUT2D eigenvalue weighted by atomic mass is 35.5. The van der Waals surface area contributed by atoms with Crippen molar-refractivity contribution in [2.75, 3.05) is 23.5 Å². The molecule has 3 aromatic carbocycles. The van der Waals surface area contributed by atoms with Gasteiger partial charge in [-0.2, -0.15) is 0 Å². The lowest BCUT2D eigenvalue weighted by molar-refractivity contribution is 0.101. The summed E-state index contributed by atoms with van der Waals surface area (Å²) in [5.41, 5.74) is 0.942. The topological polar surface area (TPSA) is 102 Å². The number of Topliss-reactive ketones (excluding diaryl/α,β-unsaturated/α-hetero) is 1. The van der Waals surface area contributed by atoms with Gasteiger partial charge in [0.25, 0.3) is 15.9 Å². The van der Waals surface area contributed by atoms with E-state index >= 15 is 0 Å². The van der Waals surface area contributed by atoms with Gasteiger partial charge in [0.05, 0.1) is 16.4 Å². The third kappa shape index (κ3) is 4.37. The van der Waals surface area contributed by atoms with E-state index in [-0.39, 0.29) is 39.3 Å². The Morgan fingerprint density at radius 1 is 1.00 bits per heavy atom. The van der Waals surface area contributed by atoms with Gasteiger partial charge in [-0.3, -0.25) is 13.9 Å². The number of nitrogens with one attached hydrogen (secondary N) is 1. The number of sulfonamides is 1. The molecule has 0 radical (unpaired) electrons. The number of carbonyl (C=O) groups is 2. The summed E-state index contributed by atoms with van der Waals surface area (Å²) >= 11 is 6.20. The smallest absolute Gasteiger partial charge is 0.265 e. The van der Waals surface area contributed by atoms with E-state index in [2.05, 4.69) is 5.32 Å². The molecule has 1 aliphatic heterocycles. The summed E-state index contributed by atoms with van der Waals surface area (Å²) in [5.74, 6) is -0.111. The van der Waals surface area contributed by atoms with Crippen molar-refractivity contribution in [1.82, 2.24) is 0 Å². The minimum atomic E-state index is -4.05. The molecule has 170 valence electrons. The highest BCUT2D eigenvalue weighted by molar-refractivity contribution is 7.93. The van der Waals surface area contributed by atoms with E-state index in [0.717, 1.165) is 4.31 Å². The first-order valence-corrected chi connectivity index (χ1v) is 11.6. The van der Waals surface area contributed by atoms with Crippen LogP contribution in [-0.4, -0.2) is 33.9 Å². The molecule has 0 spiro atoms. The Hall–Kier alpha value is -3.56. The third-order valence-electron chi connectivity index (χ3n) is 5.09. The zero-order valence-electron chi connectivity index (χ0n) is 17.7. The van der Waals surface area contributed by atoms with Crippen molar-refractivity contribution in [2.45, 2.75) is 11.8 Å². The normalized spacial score (nSPS) is 12.3. The summed E-state index contributed by atoms with van der Waals surface area (Å²) in [6, 6.07) is 15.4. The number of amides is 1. The second-order valence-electron chi connectivity index (χ2n) is 7.21. The molecular weight excluding hydrogens is 468 g/mol. The summed E-state index contributed by atoms with van der Waals surface area (Å²) in [4.78, 5) is 24.8. The number of anilines is 2. The zero-order valence-corrected chi connectivity index (χ0v) is 19.2. The van der Waals surface area contributed by atoms with Crippen LogP contribution in [-0.2, 0) is 10.0 Å². The first-order chi connectivity index (χ1) is 15.7. The zero-order chi connectivity index (χ0) is 23.8. The first kappa shape index (κ1) is 22.6. The Morgan fingerprint density at radius 2 is 1.67 bits per heavy atom. The predicted octanol–water partition coefficient (Wildman–Crippen LogP) is 4.35. The van der Waals surface area contributed by atoms with E-state index in [9.17, 15) is 18.0 Å². The van der Waals surface area contributed by atoms with E-state index in [0.29, 0.717) is 17.2 Å². The number of carbonyl (C=O) groups excluding carboxylic acids is 2. The number of benzene rings is 3. The van der Waals surface area contributed by atoms with E-state index < -0.39 is 15.9 Å². The molecule has 1 aliphatic rings. The molecule has 0 saturated carbocycles. The number of halogens is 1. The quantitative estimate of drug-likeness (QED) is 0.520. The van der Waals surface area contributed by atoms with Crippen molar-refractivity contribution < 1.29 is 27.5 Å². The number of ketones is 1. The van der Waals surface area contributed by atoms with Crippen LogP contribution in [0.5, 0.6) is 11.5 Å². The third-order valence-corrected chi connectivity index (χ3v) is 7.36. The summed E-state index contributed by atoms with van der Waals surface area (Å²) in [5, 5.41) is 2.62. The molecule has 0 saturated heterocycles. The Bertz CT molecular complexity index is 1360. The van der Waals surface area contributed by atoms with Crippen molar-refractivity contribution in [3.63, 3.8) is 0 Å². The maximum atomic E-state index is 13.2. The SMILES string of the molecule is CC(=O)c1cc2c(cc1NC(=O)c1ccc(Cl)c(S(=O)(=O)N(C)c3ccccc3)c1)OCO2. The van der Waals surface area contributed by atoms with Crippen LogP contribution in [0.4, 0.5) is 11.4 Å². The Kier molecular flexibility index (Phi) is 6.01. The van der Waals surface area contributed by atoms with Crippen LogP contribution in [0, 0.1) is 0 Å². The predicted molar refractivity (Wildman–Crippen MR) is 124 cm³/mol. The molecule has 0 aromatic heterocycles. The van der Waals surface area contributed by atoms with Gasteiger partial charge >= 0.3 is 0 Å². The number of ether oxygens (including phenoxy) is 2. The first-order valence-electron chi connectivity index (χ1n) is 9.78. The molecule has 1 N–H and O–H groups in total. The number of rotatable bonds is 6. The van der Waals surface area contributed by atoms with E-state index in [4.69, 9.17) is 21.1 Å². The van der Waals surface area contributed by atoms with Gasteiger partial charge in [0.15, 0.2) is 17.3 Å². The summed E-state index contributed by atoms with van der Waals surface area (Å²) in [6.07, 6.45) is 0. The molecule has 1 heterocycles. The number of para-hydroxylation sites is 1. The molecular formula is C23H19ClN2O6S. The van der Waals surface area contributed by atoms with Gasteiger partial charge in [-0.05, 0) is 43.3 Å². The van der Waals surface area contributed by atoms with E-state index in [1.165, 1.54) is 44.3 Å². The average Bonchev–Trinajstić information content (AvgIpc) is 3.26. The van der Waals surface area contributed by atoms with Crippen LogP contribution in [0.25, 0.3) is 0 Å². The lowest BCUT2D eigenvalue weighted by Crippen LogP contribution is -2.27. The minimum absolute atomic E-state index is 0.0113. The van der Waals surface area contributed by atoms with Gasteiger partial charge in [0.1, 0.15) is 4.90 Å². The van der Waals surface area contributed by atoms with Crippen molar-refractivity contribution in [1.29, 1.82) is 0 Å². The van der Waals surface area contributed by atoms with Crippen LogP contribution in [0.1, 0.15) is 27.6 Å². The molecule has 1 amide bonds. The summed E-state index contributed by atoms with van der Waals surface area (Å²) in [6.45, 7) is 1.37. The summed E-state index contributed by atoms with van der Waals surface area (Å²) < 4.78 is 38.1. The molecule has 4 rings (SSSR count). The molecule has 8 nitrogen and oxygen atoms in total. The van der Waals surface area contributed by atoms with E-state index in [1.807, 2.05) is 0 Å². The van der Waals surface area contributed by atoms with Gasteiger partial charge < -0.3 is 14.8 Å². The Balaban J connectivity index is 1.67. The van der Waals surface area contributed by atoms with Crippen LogP contribution in [0.3, 0.4) is 0 Å². The number of hydrogen-bond acceptors (Lipinski definition) is 6.